The van der Waals surface area contributed by atoms with E-state index in [1.54, 1.807) is 37.3 Å². The smallest absolute Gasteiger partial charge is 0.243 e. The van der Waals surface area contributed by atoms with Gasteiger partial charge in [0.05, 0.1) is 33.9 Å². The third kappa shape index (κ3) is 4.77. The molecule has 3 rings (SSSR count). The quantitative estimate of drug-likeness (QED) is 0.583. The molecule has 1 fully saturated rings. The molecule has 0 atom stereocenters. The number of aromatic nitrogens is 1. The Morgan fingerprint density at radius 2 is 1.89 bits per heavy atom. The van der Waals surface area contributed by atoms with Crippen LogP contribution in [0.25, 0.3) is 0 Å². The summed E-state index contributed by atoms with van der Waals surface area (Å²) in [5.74, 6) is 0.381. The number of sulfonamides is 1. The van der Waals surface area contributed by atoms with E-state index in [0.717, 1.165) is 5.56 Å². The van der Waals surface area contributed by atoms with Crippen LogP contribution in [0, 0.1) is 0 Å². The van der Waals surface area contributed by atoms with Gasteiger partial charge in [-0.2, -0.15) is 9.41 Å². The van der Waals surface area contributed by atoms with Crippen LogP contribution in [0.4, 0.5) is 5.82 Å². The number of morpholine rings is 1. The van der Waals surface area contributed by atoms with E-state index in [0.29, 0.717) is 47.9 Å². The van der Waals surface area contributed by atoms with Crippen molar-refractivity contribution >= 4 is 44.8 Å². The molecule has 1 aromatic heterocycles. The van der Waals surface area contributed by atoms with Crippen LogP contribution in [0.3, 0.4) is 0 Å². The fraction of sp³-hybridized carbons (Fsp3) is 0.294. The lowest BCUT2D eigenvalue weighted by molar-refractivity contribution is 0.0730. The molecule has 0 unspecified atom stereocenters. The van der Waals surface area contributed by atoms with Crippen LogP contribution in [-0.2, 0) is 14.8 Å². The van der Waals surface area contributed by atoms with Crippen LogP contribution < -0.4 is 5.43 Å². The van der Waals surface area contributed by atoms with Gasteiger partial charge in [-0.25, -0.2) is 13.4 Å². The van der Waals surface area contributed by atoms with Gasteiger partial charge in [-0.15, -0.1) is 0 Å². The van der Waals surface area contributed by atoms with E-state index in [9.17, 15) is 8.42 Å². The third-order valence-corrected chi connectivity index (χ3v) is 6.42. The first-order valence-corrected chi connectivity index (χ1v) is 10.4. The average Bonchev–Trinajstić information content (AvgIpc) is 2.68. The molecule has 0 spiro atoms. The zero-order chi connectivity index (χ0) is 19.4. The van der Waals surface area contributed by atoms with E-state index in [1.807, 2.05) is 0 Å². The van der Waals surface area contributed by atoms with E-state index >= 15 is 0 Å². The predicted octanol–water partition coefficient (Wildman–Crippen LogP) is 3.25. The lowest BCUT2D eigenvalue weighted by atomic mass is 10.1. The molecule has 2 heterocycles. The van der Waals surface area contributed by atoms with Crippen molar-refractivity contribution in [2.24, 2.45) is 5.10 Å². The maximum Gasteiger partial charge on any atom is 0.243 e. The fourth-order valence-electron chi connectivity index (χ4n) is 2.50. The SMILES string of the molecule is C/C(=N\Nc1ncc(Cl)cc1Cl)c1ccc(S(=O)(=O)N2CCOCC2)cc1. The Labute approximate surface area is 168 Å². The zero-order valence-electron chi connectivity index (χ0n) is 14.5. The van der Waals surface area contributed by atoms with Crippen LogP contribution in [0.2, 0.25) is 10.0 Å². The van der Waals surface area contributed by atoms with Gasteiger partial charge in [0.25, 0.3) is 0 Å². The standard InChI is InChI=1S/C17H18Cl2N4O3S/c1-12(21-22-17-16(19)10-14(18)11-20-17)13-2-4-15(5-3-13)27(24,25)23-6-8-26-9-7-23/h2-5,10-11H,6-9H2,1H3,(H,20,22)/b21-12+. The Morgan fingerprint density at radius 3 is 2.52 bits per heavy atom. The van der Waals surface area contributed by atoms with Crippen LogP contribution in [0.1, 0.15) is 12.5 Å². The zero-order valence-corrected chi connectivity index (χ0v) is 16.9. The molecular weight excluding hydrogens is 411 g/mol. The first kappa shape index (κ1) is 20.0. The topological polar surface area (TPSA) is 83.9 Å². The minimum atomic E-state index is -3.51. The summed E-state index contributed by atoms with van der Waals surface area (Å²) in [6.07, 6.45) is 1.46. The van der Waals surface area contributed by atoms with E-state index in [1.165, 1.54) is 10.5 Å². The van der Waals surface area contributed by atoms with Gasteiger partial charge in [-0.3, -0.25) is 5.43 Å². The van der Waals surface area contributed by atoms with Gasteiger partial charge in [0, 0.05) is 19.3 Å². The highest BCUT2D eigenvalue weighted by Gasteiger charge is 2.26. The second kappa shape index (κ2) is 8.53. The number of benzene rings is 1. The van der Waals surface area contributed by atoms with Crippen molar-refractivity contribution in [3.8, 4) is 0 Å². The maximum atomic E-state index is 12.6. The maximum absolute atomic E-state index is 12.6. The number of hydrazone groups is 1. The number of halogens is 2. The molecule has 1 N–H and O–H groups in total. The number of pyridine rings is 1. The van der Waals surface area contributed by atoms with Gasteiger partial charge < -0.3 is 4.74 Å². The Morgan fingerprint density at radius 1 is 1.22 bits per heavy atom. The van der Waals surface area contributed by atoms with Crippen molar-refractivity contribution in [2.75, 3.05) is 31.7 Å². The van der Waals surface area contributed by atoms with Crippen molar-refractivity contribution in [2.45, 2.75) is 11.8 Å². The molecule has 1 aliphatic heterocycles. The molecular formula is C17H18Cl2N4O3S. The highest BCUT2D eigenvalue weighted by atomic mass is 35.5. The van der Waals surface area contributed by atoms with Gasteiger partial charge in [-0.1, -0.05) is 35.3 Å². The average molecular weight is 429 g/mol. The molecule has 0 amide bonds. The van der Waals surface area contributed by atoms with Gasteiger partial charge >= 0.3 is 0 Å². The molecule has 2 aromatic rings. The van der Waals surface area contributed by atoms with Crippen molar-refractivity contribution < 1.29 is 13.2 Å². The number of rotatable bonds is 5. The van der Waals surface area contributed by atoms with Crippen molar-refractivity contribution in [1.82, 2.24) is 9.29 Å². The highest BCUT2D eigenvalue weighted by molar-refractivity contribution is 7.89. The summed E-state index contributed by atoms with van der Waals surface area (Å²) in [7, 11) is -3.51. The molecule has 10 heteroatoms. The first-order valence-electron chi connectivity index (χ1n) is 8.17. The molecule has 0 radical (unpaired) electrons. The summed E-state index contributed by atoms with van der Waals surface area (Å²) in [6, 6.07) is 8.14. The van der Waals surface area contributed by atoms with Gasteiger partial charge in [0.1, 0.15) is 0 Å². The first-order chi connectivity index (χ1) is 12.9. The van der Waals surface area contributed by atoms with Gasteiger partial charge in [-0.05, 0) is 30.7 Å². The van der Waals surface area contributed by atoms with E-state index in [2.05, 4.69) is 15.5 Å². The summed E-state index contributed by atoms with van der Waals surface area (Å²) >= 11 is 11.9. The minimum Gasteiger partial charge on any atom is -0.379 e. The van der Waals surface area contributed by atoms with E-state index < -0.39 is 10.0 Å². The molecule has 0 aliphatic carbocycles. The van der Waals surface area contributed by atoms with Crippen molar-refractivity contribution in [3.05, 3.63) is 52.1 Å². The van der Waals surface area contributed by atoms with E-state index in [-0.39, 0.29) is 4.90 Å². The second-order valence-electron chi connectivity index (χ2n) is 5.83. The third-order valence-electron chi connectivity index (χ3n) is 4.02. The molecule has 1 saturated heterocycles. The molecule has 27 heavy (non-hydrogen) atoms. The molecule has 144 valence electrons. The van der Waals surface area contributed by atoms with Crippen LogP contribution in [0.15, 0.2) is 46.5 Å². The molecule has 1 aromatic carbocycles. The van der Waals surface area contributed by atoms with Crippen LogP contribution in [0.5, 0.6) is 0 Å². The largest absolute Gasteiger partial charge is 0.379 e. The lowest BCUT2D eigenvalue weighted by Crippen LogP contribution is -2.40. The van der Waals surface area contributed by atoms with Gasteiger partial charge in [0.15, 0.2) is 5.82 Å². The summed E-state index contributed by atoms with van der Waals surface area (Å²) in [6.45, 7) is 3.35. The number of hydrogen-bond donors (Lipinski definition) is 1. The summed E-state index contributed by atoms with van der Waals surface area (Å²) in [4.78, 5) is 4.31. The highest BCUT2D eigenvalue weighted by Crippen LogP contribution is 2.23. The minimum absolute atomic E-state index is 0.247. The normalized spacial score (nSPS) is 16.3. The summed E-state index contributed by atoms with van der Waals surface area (Å²) < 4.78 is 31.9. The number of hydrogen-bond acceptors (Lipinski definition) is 6. The van der Waals surface area contributed by atoms with Crippen molar-refractivity contribution in [3.63, 3.8) is 0 Å². The monoisotopic (exact) mass is 428 g/mol. The van der Waals surface area contributed by atoms with Crippen LogP contribution >= 0.6 is 23.2 Å². The van der Waals surface area contributed by atoms with Crippen molar-refractivity contribution in [1.29, 1.82) is 0 Å². The molecule has 0 saturated carbocycles. The Kier molecular flexibility index (Phi) is 6.33. The van der Waals surface area contributed by atoms with Crippen LogP contribution in [-0.4, -0.2) is 49.7 Å². The summed E-state index contributed by atoms with van der Waals surface area (Å²) in [5, 5.41) is 5.02. The number of anilines is 1. The number of nitrogens with one attached hydrogen (secondary N) is 1. The number of ether oxygens (including phenoxy) is 1. The lowest BCUT2D eigenvalue weighted by Gasteiger charge is -2.26. The Hall–Kier alpha value is -1.71. The molecule has 1 aliphatic rings. The Balaban J connectivity index is 1.74. The summed E-state index contributed by atoms with van der Waals surface area (Å²) in [5.41, 5.74) is 4.20. The van der Waals surface area contributed by atoms with E-state index in [4.69, 9.17) is 27.9 Å². The second-order valence-corrected chi connectivity index (χ2v) is 8.62. The molecule has 7 nitrogen and oxygen atoms in total. The number of nitrogens with zero attached hydrogens (tertiary/aromatic N) is 3. The van der Waals surface area contributed by atoms with Gasteiger partial charge in [0.2, 0.25) is 10.0 Å². The molecule has 0 bridgehead atoms. The predicted molar refractivity (Wildman–Crippen MR) is 106 cm³/mol. The Bertz CT molecular complexity index is 943. The fourth-order valence-corrected chi connectivity index (χ4v) is 4.33.